The molecule has 3 nitrogen and oxygen atoms in total. The molecule has 0 fully saturated rings. The van der Waals surface area contributed by atoms with Crippen molar-refractivity contribution in [3.63, 3.8) is 0 Å². The molecule has 0 spiro atoms. The molecule has 0 aliphatic heterocycles. The first-order valence-corrected chi connectivity index (χ1v) is 5.56. The second-order valence-corrected chi connectivity index (χ2v) is 3.80. The molecule has 1 heterocycles. The van der Waals surface area contributed by atoms with E-state index in [1.165, 1.54) is 11.8 Å². The van der Waals surface area contributed by atoms with Crippen molar-refractivity contribution < 1.29 is 4.79 Å². The summed E-state index contributed by atoms with van der Waals surface area (Å²) in [7, 11) is 0. The molecule has 0 aliphatic carbocycles. The van der Waals surface area contributed by atoms with Gasteiger partial charge in [-0.05, 0) is 29.2 Å². The molecule has 0 aliphatic rings. The largest absolute Gasteiger partial charge is 0.366 e. The Labute approximate surface area is 100 Å². The number of amides is 1. The third kappa shape index (κ3) is 2.18. The molecule has 0 saturated carbocycles. The standard InChI is InChI=1S/C14H14N2O/c1-2-10-5-3-4-6-11(10)12-7-8-16-9-13(12)14(15)17/h3-9H,2H2,1H3,(H2,15,17). The van der Waals surface area contributed by atoms with E-state index in [-0.39, 0.29) is 0 Å². The summed E-state index contributed by atoms with van der Waals surface area (Å²) in [6, 6.07) is 9.84. The van der Waals surface area contributed by atoms with Gasteiger partial charge >= 0.3 is 0 Å². The Morgan fingerprint density at radius 2 is 2.00 bits per heavy atom. The third-order valence-corrected chi connectivity index (χ3v) is 2.77. The van der Waals surface area contributed by atoms with Crippen LogP contribution in [0.4, 0.5) is 0 Å². The Balaban J connectivity index is 2.64. The number of carbonyl (C=O) groups excluding carboxylic acids is 1. The van der Waals surface area contributed by atoms with Crippen LogP contribution in [-0.2, 0) is 6.42 Å². The van der Waals surface area contributed by atoms with E-state index in [0.717, 1.165) is 17.5 Å². The Bertz CT molecular complexity index is 549. The number of carbonyl (C=O) groups is 1. The van der Waals surface area contributed by atoms with Crippen LogP contribution in [0, 0.1) is 0 Å². The van der Waals surface area contributed by atoms with Crippen molar-refractivity contribution in [1.29, 1.82) is 0 Å². The van der Waals surface area contributed by atoms with Crippen molar-refractivity contribution in [3.8, 4) is 11.1 Å². The number of hydrogen-bond donors (Lipinski definition) is 1. The van der Waals surface area contributed by atoms with Gasteiger partial charge in [-0.25, -0.2) is 0 Å². The van der Waals surface area contributed by atoms with Gasteiger partial charge in [0.2, 0.25) is 0 Å². The molecule has 0 saturated heterocycles. The molecule has 17 heavy (non-hydrogen) atoms. The van der Waals surface area contributed by atoms with E-state index in [1.54, 1.807) is 6.20 Å². The maximum absolute atomic E-state index is 11.4. The van der Waals surface area contributed by atoms with Gasteiger partial charge in [-0.2, -0.15) is 0 Å². The Morgan fingerprint density at radius 3 is 2.71 bits per heavy atom. The van der Waals surface area contributed by atoms with E-state index >= 15 is 0 Å². The summed E-state index contributed by atoms with van der Waals surface area (Å²) < 4.78 is 0. The van der Waals surface area contributed by atoms with Crippen LogP contribution in [0.1, 0.15) is 22.8 Å². The third-order valence-electron chi connectivity index (χ3n) is 2.77. The maximum Gasteiger partial charge on any atom is 0.250 e. The normalized spacial score (nSPS) is 10.2. The highest BCUT2D eigenvalue weighted by molar-refractivity contribution is 5.99. The van der Waals surface area contributed by atoms with Crippen molar-refractivity contribution in [3.05, 3.63) is 53.9 Å². The Morgan fingerprint density at radius 1 is 1.24 bits per heavy atom. The summed E-state index contributed by atoms with van der Waals surface area (Å²) in [5.41, 5.74) is 8.93. The molecule has 0 radical (unpaired) electrons. The van der Waals surface area contributed by atoms with Gasteiger partial charge in [0.1, 0.15) is 0 Å². The minimum atomic E-state index is -0.445. The highest BCUT2D eigenvalue weighted by Gasteiger charge is 2.11. The SMILES string of the molecule is CCc1ccccc1-c1ccncc1C(N)=O. The van der Waals surface area contributed by atoms with E-state index in [9.17, 15) is 4.79 Å². The van der Waals surface area contributed by atoms with E-state index in [1.807, 2.05) is 24.3 Å². The van der Waals surface area contributed by atoms with Gasteiger partial charge in [0, 0.05) is 12.4 Å². The Kier molecular flexibility index (Phi) is 3.19. The van der Waals surface area contributed by atoms with E-state index < -0.39 is 5.91 Å². The molecule has 86 valence electrons. The zero-order valence-corrected chi connectivity index (χ0v) is 9.68. The number of aryl methyl sites for hydroxylation is 1. The minimum absolute atomic E-state index is 0.445. The van der Waals surface area contributed by atoms with Gasteiger partial charge < -0.3 is 5.73 Å². The first-order chi connectivity index (χ1) is 8.24. The van der Waals surface area contributed by atoms with Crippen LogP contribution in [0.2, 0.25) is 0 Å². The number of nitrogens with two attached hydrogens (primary N) is 1. The molecule has 0 bridgehead atoms. The van der Waals surface area contributed by atoms with E-state index in [0.29, 0.717) is 5.56 Å². The summed E-state index contributed by atoms with van der Waals surface area (Å²) >= 11 is 0. The quantitative estimate of drug-likeness (QED) is 0.873. The fourth-order valence-electron chi connectivity index (χ4n) is 1.92. The number of primary amides is 1. The fraction of sp³-hybridized carbons (Fsp3) is 0.143. The van der Waals surface area contributed by atoms with Gasteiger partial charge in [0.25, 0.3) is 5.91 Å². The monoisotopic (exact) mass is 226 g/mol. The lowest BCUT2D eigenvalue weighted by atomic mass is 9.95. The second-order valence-electron chi connectivity index (χ2n) is 3.80. The second kappa shape index (κ2) is 4.78. The number of rotatable bonds is 3. The topological polar surface area (TPSA) is 56.0 Å². The van der Waals surface area contributed by atoms with Crippen molar-refractivity contribution in [1.82, 2.24) is 4.98 Å². The molecule has 2 rings (SSSR count). The van der Waals surface area contributed by atoms with Gasteiger partial charge in [-0.1, -0.05) is 31.2 Å². The minimum Gasteiger partial charge on any atom is -0.366 e. The molecule has 0 atom stereocenters. The first-order valence-electron chi connectivity index (χ1n) is 5.56. The molecule has 0 unspecified atom stereocenters. The molecule has 3 heteroatoms. The molecule has 1 aromatic carbocycles. The predicted octanol–water partition coefficient (Wildman–Crippen LogP) is 2.41. The number of hydrogen-bond acceptors (Lipinski definition) is 2. The van der Waals surface area contributed by atoms with Crippen molar-refractivity contribution >= 4 is 5.91 Å². The number of pyridine rings is 1. The van der Waals surface area contributed by atoms with Crippen LogP contribution in [0.25, 0.3) is 11.1 Å². The van der Waals surface area contributed by atoms with Gasteiger partial charge in [-0.3, -0.25) is 9.78 Å². The van der Waals surface area contributed by atoms with Crippen molar-refractivity contribution in [2.75, 3.05) is 0 Å². The predicted molar refractivity (Wildman–Crippen MR) is 67.6 cm³/mol. The van der Waals surface area contributed by atoms with Crippen LogP contribution in [0.3, 0.4) is 0 Å². The molecular formula is C14H14N2O. The van der Waals surface area contributed by atoms with E-state index in [2.05, 4.69) is 18.0 Å². The summed E-state index contributed by atoms with van der Waals surface area (Å²) in [4.78, 5) is 15.3. The number of nitrogens with zero attached hydrogens (tertiary/aromatic N) is 1. The summed E-state index contributed by atoms with van der Waals surface area (Å²) in [5.74, 6) is -0.445. The lowest BCUT2D eigenvalue weighted by molar-refractivity contribution is 0.100. The van der Waals surface area contributed by atoms with Crippen LogP contribution in [-0.4, -0.2) is 10.9 Å². The summed E-state index contributed by atoms with van der Waals surface area (Å²) in [5, 5.41) is 0. The Hall–Kier alpha value is -2.16. The average Bonchev–Trinajstić information content (AvgIpc) is 2.38. The number of aromatic nitrogens is 1. The highest BCUT2D eigenvalue weighted by atomic mass is 16.1. The van der Waals surface area contributed by atoms with Crippen molar-refractivity contribution in [2.45, 2.75) is 13.3 Å². The van der Waals surface area contributed by atoms with Crippen LogP contribution in [0.5, 0.6) is 0 Å². The lowest BCUT2D eigenvalue weighted by Crippen LogP contribution is -2.13. The molecule has 2 N–H and O–H groups in total. The first kappa shape index (κ1) is 11.3. The van der Waals surface area contributed by atoms with Crippen LogP contribution < -0.4 is 5.73 Å². The average molecular weight is 226 g/mol. The smallest absolute Gasteiger partial charge is 0.250 e. The zero-order valence-electron chi connectivity index (χ0n) is 9.68. The molecule has 1 amide bonds. The van der Waals surface area contributed by atoms with Crippen LogP contribution in [0.15, 0.2) is 42.7 Å². The molecule has 1 aromatic heterocycles. The fourth-order valence-corrected chi connectivity index (χ4v) is 1.92. The van der Waals surface area contributed by atoms with Gasteiger partial charge in [0.05, 0.1) is 5.56 Å². The maximum atomic E-state index is 11.4. The van der Waals surface area contributed by atoms with Crippen LogP contribution >= 0.6 is 0 Å². The number of benzene rings is 1. The van der Waals surface area contributed by atoms with E-state index in [4.69, 9.17) is 5.73 Å². The summed E-state index contributed by atoms with van der Waals surface area (Å²) in [6.07, 6.45) is 4.11. The molecular weight excluding hydrogens is 212 g/mol. The van der Waals surface area contributed by atoms with Gasteiger partial charge in [0.15, 0.2) is 0 Å². The molecule has 2 aromatic rings. The van der Waals surface area contributed by atoms with Gasteiger partial charge in [-0.15, -0.1) is 0 Å². The summed E-state index contributed by atoms with van der Waals surface area (Å²) in [6.45, 7) is 2.09. The lowest BCUT2D eigenvalue weighted by Gasteiger charge is -2.10. The van der Waals surface area contributed by atoms with Crippen molar-refractivity contribution in [2.24, 2.45) is 5.73 Å². The zero-order chi connectivity index (χ0) is 12.3. The highest BCUT2D eigenvalue weighted by Crippen LogP contribution is 2.26.